The highest BCUT2D eigenvalue weighted by atomic mass is 35.5. The van der Waals surface area contributed by atoms with Gasteiger partial charge in [0.1, 0.15) is 0 Å². The van der Waals surface area contributed by atoms with Gasteiger partial charge >= 0.3 is 0 Å². The van der Waals surface area contributed by atoms with Crippen LogP contribution in [0.3, 0.4) is 0 Å². The van der Waals surface area contributed by atoms with Gasteiger partial charge in [-0.1, -0.05) is 41.9 Å². The molecule has 0 saturated carbocycles. The van der Waals surface area contributed by atoms with Gasteiger partial charge in [-0.25, -0.2) is 13.1 Å². The Morgan fingerprint density at radius 3 is 2.44 bits per heavy atom. The number of primary amides is 1. The molecule has 2 rings (SSSR count). The number of nitrogens with one attached hydrogen (secondary N) is 2. The van der Waals surface area contributed by atoms with Crippen LogP contribution >= 0.6 is 11.6 Å². The molecule has 0 unspecified atom stereocenters. The number of halogens is 1. The molecule has 9 heteroatoms. The van der Waals surface area contributed by atoms with Crippen LogP contribution in [0.15, 0.2) is 53.9 Å². The molecule has 0 atom stereocenters. The van der Waals surface area contributed by atoms with Crippen molar-refractivity contribution in [3.63, 3.8) is 0 Å². The van der Waals surface area contributed by atoms with E-state index < -0.39 is 21.8 Å². The van der Waals surface area contributed by atoms with Crippen LogP contribution < -0.4 is 15.8 Å². The van der Waals surface area contributed by atoms with Crippen molar-refractivity contribution < 1.29 is 18.0 Å². The van der Waals surface area contributed by atoms with Crippen molar-refractivity contribution >= 4 is 45.2 Å². The third-order valence-electron chi connectivity index (χ3n) is 3.41. The maximum Gasteiger partial charge on any atom is 0.250 e. The largest absolute Gasteiger partial charge is 0.366 e. The number of rotatable bonds is 8. The fourth-order valence-electron chi connectivity index (χ4n) is 2.10. The zero-order valence-electron chi connectivity index (χ0n) is 14.2. The van der Waals surface area contributed by atoms with Crippen LogP contribution in [0.5, 0.6) is 0 Å². The van der Waals surface area contributed by atoms with Gasteiger partial charge in [-0.3, -0.25) is 9.59 Å². The molecule has 0 spiro atoms. The number of carbonyl (C=O) groups excluding carboxylic acids is 2. The van der Waals surface area contributed by atoms with Crippen molar-refractivity contribution in [2.45, 2.75) is 6.42 Å². The lowest BCUT2D eigenvalue weighted by Crippen LogP contribution is -2.26. The Labute approximate surface area is 162 Å². The van der Waals surface area contributed by atoms with Crippen molar-refractivity contribution in [1.29, 1.82) is 0 Å². The number of anilines is 1. The molecule has 27 heavy (non-hydrogen) atoms. The summed E-state index contributed by atoms with van der Waals surface area (Å²) in [6.45, 7) is -0.0690. The third kappa shape index (κ3) is 6.86. The fourth-order valence-corrected chi connectivity index (χ4v) is 3.20. The van der Waals surface area contributed by atoms with Gasteiger partial charge in [0.25, 0.3) is 0 Å². The maximum atomic E-state index is 11.9. The van der Waals surface area contributed by atoms with Gasteiger partial charge in [-0.2, -0.15) is 0 Å². The van der Waals surface area contributed by atoms with E-state index in [1.54, 1.807) is 24.3 Å². The number of hydrogen-bond donors (Lipinski definition) is 3. The first-order chi connectivity index (χ1) is 12.8. The molecule has 0 saturated heterocycles. The van der Waals surface area contributed by atoms with Crippen molar-refractivity contribution in [3.05, 3.63) is 70.1 Å². The van der Waals surface area contributed by atoms with Crippen LogP contribution in [0.2, 0.25) is 5.02 Å². The summed E-state index contributed by atoms with van der Waals surface area (Å²) in [4.78, 5) is 23.0. The number of benzene rings is 2. The Bertz CT molecular complexity index is 960. The van der Waals surface area contributed by atoms with Crippen molar-refractivity contribution in [2.24, 2.45) is 5.73 Å². The number of carbonyl (C=O) groups is 2. The Morgan fingerprint density at radius 1 is 1.11 bits per heavy atom. The van der Waals surface area contributed by atoms with E-state index in [1.165, 1.54) is 24.3 Å². The number of sulfonamides is 1. The molecule has 0 aliphatic carbocycles. The SMILES string of the molecule is NC(=O)c1ccc(NC(=O)CCNS(=O)(=O)/C=C/c2ccccc2)cc1Cl. The Balaban J connectivity index is 1.84. The molecule has 2 amide bonds. The minimum Gasteiger partial charge on any atom is -0.366 e. The van der Waals surface area contributed by atoms with E-state index >= 15 is 0 Å². The second kappa shape index (κ2) is 9.31. The summed E-state index contributed by atoms with van der Waals surface area (Å²) >= 11 is 5.91. The van der Waals surface area contributed by atoms with Gasteiger partial charge in [0.2, 0.25) is 21.8 Å². The topological polar surface area (TPSA) is 118 Å². The van der Waals surface area contributed by atoms with Crippen LogP contribution in [0.25, 0.3) is 6.08 Å². The van der Waals surface area contributed by atoms with Gasteiger partial charge in [-0.05, 0) is 29.8 Å². The van der Waals surface area contributed by atoms with Crippen molar-refractivity contribution in [1.82, 2.24) is 4.72 Å². The number of hydrogen-bond acceptors (Lipinski definition) is 4. The van der Waals surface area contributed by atoms with E-state index in [0.717, 1.165) is 11.0 Å². The molecular weight excluding hydrogens is 390 g/mol. The highest BCUT2D eigenvalue weighted by Crippen LogP contribution is 2.20. The molecule has 0 heterocycles. The summed E-state index contributed by atoms with van der Waals surface area (Å²) in [6.07, 6.45) is 1.39. The van der Waals surface area contributed by atoms with Gasteiger partial charge in [0.05, 0.1) is 10.6 Å². The smallest absolute Gasteiger partial charge is 0.250 e. The molecule has 0 radical (unpaired) electrons. The Kier molecular flexibility index (Phi) is 7.12. The molecule has 0 bridgehead atoms. The van der Waals surface area contributed by atoms with E-state index in [9.17, 15) is 18.0 Å². The van der Waals surface area contributed by atoms with Crippen LogP contribution in [0, 0.1) is 0 Å². The van der Waals surface area contributed by atoms with Crippen LogP contribution in [0.4, 0.5) is 5.69 Å². The van der Waals surface area contributed by atoms with E-state index in [1.807, 2.05) is 6.07 Å². The Hall–Kier alpha value is -2.68. The lowest BCUT2D eigenvalue weighted by Gasteiger charge is -2.07. The van der Waals surface area contributed by atoms with E-state index in [4.69, 9.17) is 17.3 Å². The highest BCUT2D eigenvalue weighted by Gasteiger charge is 2.10. The predicted molar refractivity (Wildman–Crippen MR) is 106 cm³/mol. The molecule has 0 fully saturated rings. The third-order valence-corrected chi connectivity index (χ3v) is 4.83. The normalized spacial score (nSPS) is 11.4. The maximum absolute atomic E-state index is 11.9. The van der Waals surface area contributed by atoms with Crippen LogP contribution in [-0.2, 0) is 14.8 Å². The van der Waals surface area contributed by atoms with Gasteiger partial charge in [-0.15, -0.1) is 0 Å². The Morgan fingerprint density at radius 2 is 1.81 bits per heavy atom. The minimum atomic E-state index is -3.65. The summed E-state index contributed by atoms with van der Waals surface area (Å²) in [6, 6.07) is 13.2. The quantitative estimate of drug-likeness (QED) is 0.622. The average Bonchev–Trinajstić information content (AvgIpc) is 2.60. The highest BCUT2D eigenvalue weighted by molar-refractivity contribution is 7.92. The second-order valence-corrected chi connectivity index (χ2v) is 7.57. The summed E-state index contributed by atoms with van der Waals surface area (Å²) in [7, 11) is -3.65. The van der Waals surface area contributed by atoms with E-state index in [0.29, 0.717) is 5.69 Å². The standard InChI is InChI=1S/C18H18ClN3O4S/c19-16-12-14(6-7-15(16)18(20)24)22-17(23)8-10-21-27(25,26)11-9-13-4-2-1-3-5-13/h1-7,9,11-12,21H,8,10H2,(H2,20,24)(H,22,23)/b11-9+. The summed E-state index contributed by atoms with van der Waals surface area (Å²) in [5.41, 5.74) is 6.42. The van der Waals surface area contributed by atoms with E-state index in [-0.39, 0.29) is 23.6 Å². The average molecular weight is 408 g/mol. The zero-order chi connectivity index (χ0) is 19.9. The lowest BCUT2D eigenvalue weighted by atomic mass is 10.2. The van der Waals surface area contributed by atoms with Crippen molar-refractivity contribution in [3.8, 4) is 0 Å². The van der Waals surface area contributed by atoms with Crippen molar-refractivity contribution in [2.75, 3.05) is 11.9 Å². The molecule has 142 valence electrons. The predicted octanol–water partition coefficient (Wildman–Crippen LogP) is 2.36. The lowest BCUT2D eigenvalue weighted by molar-refractivity contribution is -0.116. The van der Waals surface area contributed by atoms with Gasteiger partial charge < -0.3 is 11.1 Å². The first-order valence-corrected chi connectivity index (χ1v) is 9.81. The van der Waals surface area contributed by atoms with E-state index in [2.05, 4.69) is 10.0 Å². The summed E-state index contributed by atoms with van der Waals surface area (Å²) < 4.78 is 26.1. The second-order valence-electron chi connectivity index (χ2n) is 5.51. The molecule has 7 nitrogen and oxygen atoms in total. The molecular formula is C18H18ClN3O4S. The zero-order valence-corrected chi connectivity index (χ0v) is 15.8. The van der Waals surface area contributed by atoms with Gasteiger partial charge in [0.15, 0.2) is 0 Å². The first kappa shape index (κ1) is 20.6. The summed E-state index contributed by atoms with van der Waals surface area (Å²) in [5, 5.41) is 3.73. The van der Waals surface area contributed by atoms with Crippen LogP contribution in [-0.4, -0.2) is 26.8 Å². The molecule has 4 N–H and O–H groups in total. The molecule has 2 aromatic rings. The molecule has 0 aliphatic heterocycles. The van der Waals surface area contributed by atoms with Crippen LogP contribution in [0.1, 0.15) is 22.3 Å². The number of nitrogens with two attached hydrogens (primary N) is 1. The fraction of sp³-hybridized carbons (Fsp3) is 0.111. The summed E-state index contributed by atoms with van der Waals surface area (Å²) in [5.74, 6) is -1.08. The minimum absolute atomic E-state index is 0.0690. The molecule has 0 aliphatic rings. The molecule has 2 aromatic carbocycles. The number of amides is 2. The monoisotopic (exact) mass is 407 g/mol. The van der Waals surface area contributed by atoms with Gasteiger partial charge in [0, 0.05) is 24.1 Å². The molecule has 0 aromatic heterocycles. The first-order valence-electron chi connectivity index (χ1n) is 7.89.